The molecule has 0 aliphatic rings. The Morgan fingerprint density at radius 3 is 2.60 bits per heavy atom. The number of hydrogen-bond acceptors (Lipinski definition) is 5. The number of amides is 1. The topological polar surface area (TPSA) is 83.0 Å². The largest absolute Gasteiger partial charge is 0.484 e. The Morgan fingerprint density at radius 2 is 2.00 bits per heavy atom. The predicted molar refractivity (Wildman–Crippen MR) is 99.9 cm³/mol. The number of carbonyl (C=O) groups is 1. The van der Waals surface area contributed by atoms with E-state index in [2.05, 4.69) is 24.0 Å². The van der Waals surface area contributed by atoms with Crippen LogP contribution in [0.15, 0.2) is 29.4 Å². The lowest BCUT2D eigenvalue weighted by Crippen LogP contribution is -2.23. The number of nitrogens with zero attached hydrogens (tertiary/aromatic N) is 3. The van der Waals surface area contributed by atoms with Crippen molar-refractivity contribution >= 4 is 29.3 Å². The van der Waals surface area contributed by atoms with Crippen LogP contribution in [0.5, 0.6) is 5.75 Å². The molecule has 0 saturated heterocycles. The van der Waals surface area contributed by atoms with Gasteiger partial charge in [-0.1, -0.05) is 49.3 Å². The van der Waals surface area contributed by atoms with Gasteiger partial charge in [0.2, 0.25) is 5.91 Å². The fourth-order valence-corrected chi connectivity index (χ4v) is 3.51. The van der Waals surface area contributed by atoms with Gasteiger partial charge in [0.05, 0.1) is 10.3 Å². The molecule has 0 fully saturated rings. The highest BCUT2D eigenvalue weighted by Gasteiger charge is 2.22. The number of aromatic nitrogens is 3. The normalized spacial score (nSPS) is 12.4. The Kier molecular flexibility index (Phi) is 7.13. The summed E-state index contributed by atoms with van der Waals surface area (Å²) in [5.41, 5.74) is 5.38. The van der Waals surface area contributed by atoms with E-state index < -0.39 is 0 Å². The molecule has 136 valence electrons. The molecule has 1 aromatic heterocycles. The quantitative estimate of drug-likeness (QED) is 0.666. The fourth-order valence-electron chi connectivity index (χ4n) is 2.43. The molecule has 1 heterocycles. The zero-order valence-electron chi connectivity index (χ0n) is 14.6. The predicted octanol–water partition coefficient (Wildman–Crippen LogP) is 3.84. The summed E-state index contributed by atoms with van der Waals surface area (Å²) in [7, 11) is 0. The van der Waals surface area contributed by atoms with Crippen molar-refractivity contribution in [3.63, 3.8) is 0 Å². The van der Waals surface area contributed by atoms with Crippen LogP contribution in [0.3, 0.4) is 0 Å². The van der Waals surface area contributed by atoms with E-state index in [1.807, 2.05) is 22.8 Å². The lowest BCUT2D eigenvalue weighted by molar-refractivity contribution is -0.117. The number of carbonyl (C=O) groups excluding carboxylic acids is 1. The summed E-state index contributed by atoms with van der Waals surface area (Å²) in [6.45, 7) is 6.23. The van der Waals surface area contributed by atoms with Crippen LogP contribution in [0.2, 0.25) is 5.02 Å². The van der Waals surface area contributed by atoms with Gasteiger partial charge in [-0.05, 0) is 31.9 Å². The van der Waals surface area contributed by atoms with Crippen LogP contribution < -0.4 is 10.5 Å². The number of hydrogen-bond donors (Lipinski definition) is 1. The molecule has 0 bridgehead atoms. The highest BCUT2D eigenvalue weighted by molar-refractivity contribution is 8.00. The van der Waals surface area contributed by atoms with Crippen LogP contribution in [0.4, 0.5) is 0 Å². The Bertz CT molecular complexity index is 718. The molecule has 0 aliphatic heterocycles. The Hall–Kier alpha value is -1.73. The molecule has 0 aliphatic carbocycles. The molecule has 1 amide bonds. The van der Waals surface area contributed by atoms with E-state index in [1.54, 1.807) is 13.0 Å². The molecule has 8 heteroatoms. The zero-order chi connectivity index (χ0) is 18.4. The summed E-state index contributed by atoms with van der Waals surface area (Å²) in [6, 6.07) is 7.52. The average Bonchev–Trinajstić information content (AvgIpc) is 2.98. The highest BCUT2D eigenvalue weighted by atomic mass is 35.5. The number of nitrogens with two attached hydrogens (primary N) is 1. The minimum absolute atomic E-state index is 0.224. The minimum atomic E-state index is -0.380. The Balaban J connectivity index is 2.26. The lowest BCUT2D eigenvalue weighted by atomic mass is 10.2. The molecule has 0 spiro atoms. The molecule has 0 unspecified atom stereocenters. The maximum atomic E-state index is 11.4. The third-order valence-electron chi connectivity index (χ3n) is 3.92. The molecular formula is C17H23ClN4O2S. The number of para-hydroxylation sites is 1. The van der Waals surface area contributed by atoms with Crippen LogP contribution in [0, 0.1) is 0 Å². The smallest absolute Gasteiger partial charge is 0.230 e. The van der Waals surface area contributed by atoms with Crippen LogP contribution >= 0.6 is 23.4 Å². The number of thioether (sulfide) groups is 1. The maximum absolute atomic E-state index is 11.4. The molecular weight excluding hydrogens is 360 g/mol. The summed E-state index contributed by atoms with van der Waals surface area (Å²) in [4.78, 5) is 11.4. The molecule has 6 nitrogen and oxygen atoms in total. The standard InChI is InChI=1S/C17H23ClN4O2S/c1-4-12(5-2)22-15(10-24-14-9-7-6-8-13(14)18)20-21-17(22)25-11(3)16(19)23/h6-9,11-12H,4-5,10H2,1-3H3,(H2,19,23)/t11-/m0/s1. The maximum Gasteiger partial charge on any atom is 0.230 e. The van der Waals surface area contributed by atoms with Gasteiger partial charge in [0.1, 0.15) is 12.4 Å². The Morgan fingerprint density at radius 1 is 1.32 bits per heavy atom. The molecule has 0 saturated carbocycles. The van der Waals surface area contributed by atoms with Crippen molar-refractivity contribution in [3.8, 4) is 5.75 Å². The van der Waals surface area contributed by atoms with E-state index >= 15 is 0 Å². The van der Waals surface area contributed by atoms with Crippen LogP contribution in [-0.2, 0) is 11.4 Å². The first-order chi connectivity index (χ1) is 12.0. The van der Waals surface area contributed by atoms with Gasteiger partial charge < -0.3 is 15.0 Å². The van der Waals surface area contributed by atoms with Gasteiger partial charge in [0.25, 0.3) is 0 Å². The van der Waals surface area contributed by atoms with Gasteiger partial charge in [0.15, 0.2) is 11.0 Å². The molecule has 1 atom stereocenters. The van der Waals surface area contributed by atoms with Crippen molar-refractivity contribution in [1.82, 2.24) is 14.8 Å². The molecule has 2 aromatic rings. The van der Waals surface area contributed by atoms with Crippen molar-refractivity contribution in [2.75, 3.05) is 0 Å². The van der Waals surface area contributed by atoms with Crippen molar-refractivity contribution in [1.29, 1.82) is 0 Å². The van der Waals surface area contributed by atoms with Gasteiger partial charge in [-0.3, -0.25) is 4.79 Å². The zero-order valence-corrected chi connectivity index (χ0v) is 16.2. The first-order valence-corrected chi connectivity index (χ1v) is 9.50. The van der Waals surface area contributed by atoms with Crippen molar-refractivity contribution in [3.05, 3.63) is 35.1 Å². The third kappa shape index (κ3) is 4.89. The fraction of sp³-hybridized carbons (Fsp3) is 0.471. The second-order valence-corrected chi connectivity index (χ2v) is 7.34. The van der Waals surface area contributed by atoms with Crippen molar-refractivity contribution in [2.45, 2.75) is 56.7 Å². The van der Waals surface area contributed by atoms with E-state index in [0.29, 0.717) is 21.8 Å². The molecule has 1 aromatic carbocycles. The second kappa shape index (κ2) is 9.10. The summed E-state index contributed by atoms with van der Waals surface area (Å²) >= 11 is 7.45. The van der Waals surface area contributed by atoms with Gasteiger partial charge in [0, 0.05) is 6.04 Å². The van der Waals surface area contributed by atoms with Crippen LogP contribution in [-0.4, -0.2) is 25.9 Å². The molecule has 2 rings (SSSR count). The number of rotatable bonds is 9. The summed E-state index contributed by atoms with van der Waals surface area (Å²) in [5, 5.41) is 9.35. The summed E-state index contributed by atoms with van der Waals surface area (Å²) in [5.74, 6) is 0.925. The first-order valence-electron chi connectivity index (χ1n) is 8.24. The van der Waals surface area contributed by atoms with E-state index in [0.717, 1.165) is 12.8 Å². The lowest BCUT2D eigenvalue weighted by Gasteiger charge is -2.20. The first kappa shape index (κ1) is 19.6. The van der Waals surface area contributed by atoms with Crippen molar-refractivity contribution < 1.29 is 9.53 Å². The number of halogens is 1. The number of primary amides is 1. The van der Waals surface area contributed by atoms with Gasteiger partial charge >= 0.3 is 0 Å². The molecule has 0 radical (unpaired) electrons. The monoisotopic (exact) mass is 382 g/mol. The van der Waals surface area contributed by atoms with Crippen molar-refractivity contribution in [2.24, 2.45) is 5.73 Å². The molecule has 2 N–H and O–H groups in total. The van der Waals surface area contributed by atoms with Crippen LogP contribution in [0.25, 0.3) is 0 Å². The van der Waals surface area contributed by atoms with E-state index in [4.69, 9.17) is 22.1 Å². The van der Waals surface area contributed by atoms with E-state index in [9.17, 15) is 4.79 Å². The summed E-state index contributed by atoms with van der Waals surface area (Å²) in [6.07, 6.45) is 1.85. The minimum Gasteiger partial charge on any atom is -0.484 e. The van der Waals surface area contributed by atoms with Gasteiger partial charge in [-0.2, -0.15) is 0 Å². The third-order valence-corrected chi connectivity index (χ3v) is 5.31. The van der Waals surface area contributed by atoms with Crippen LogP contribution in [0.1, 0.15) is 45.5 Å². The van der Waals surface area contributed by atoms with E-state index in [1.165, 1.54) is 11.8 Å². The highest BCUT2D eigenvalue weighted by Crippen LogP contribution is 2.30. The Labute approximate surface area is 157 Å². The second-order valence-electron chi connectivity index (χ2n) is 5.62. The van der Waals surface area contributed by atoms with Gasteiger partial charge in [-0.15, -0.1) is 10.2 Å². The SMILES string of the molecule is CCC(CC)n1c(COc2ccccc2Cl)nnc1S[C@@H](C)C(N)=O. The van der Waals surface area contributed by atoms with E-state index in [-0.39, 0.29) is 23.8 Å². The molecule has 25 heavy (non-hydrogen) atoms. The average molecular weight is 383 g/mol. The van der Waals surface area contributed by atoms with Gasteiger partial charge in [-0.25, -0.2) is 0 Å². The number of ether oxygens (including phenoxy) is 1. The number of benzene rings is 1. The summed E-state index contributed by atoms with van der Waals surface area (Å²) < 4.78 is 7.85.